The third kappa shape index (κ3) is 142. The number of rotatable bonds is 1. The fraction of sp³-hybridized carbons (Fsp3) is 1.00. The zero-order chi connectivity index (χ0) is 6.12. The van der Waals surface area contributed by atoms with Crippen LogP contribution >= 0.6 is 0 Å². The second-order valence-corrected chi connectivity index (χ2v) is 1.08. The first-order chi connectivity index (χ1) is 3.33. The van der Waals surface area contributed by atoms with Gasteiger partial charge in [0.05, 0.1) is 0 Å². The quantitative estimate of drug-likeness (QED) is 0.653. The molecule has 0 aliphatic heterocycles. The van der Waals surface area contributed by atoms with E-state index in [0.717, 1.165) is 6.54 Å². The predicted octanol–water partition coefficient (Wildman–Crippen LogP) is 2.90. The Morgan fingerprint density at radius 3 is 1.10 bits per heavy atom. The van der Waals surface area contributed by atoms with Crippen molar-refractivity contribution in [1.82, 2.24) is 0 Å². The smallest absolute Gasteiger partial charge is 0 e. The normalized spacial score (nSPS) is 4.80. The Kier molecular flexibility index (Phi) is 154. The molecule has 0 aromatic heterocycles. The van der Waals surface area contributed by atoms with E-state index in [2.05, 4.69) is 10.6 Å². The van der Waals surface area contributed by atoms with Gasteiger partial charge in [0.1, 0.15) is 0 Å². The second-order valence-electron chi connectivity index (χ2n) is 1.08. The van der Waals surface area contributed by atoms with Crippen molar-refractivity contribution in [2.24, 2.45) is 0 Å². The zero-order valence-electron chi connectivity index (χ0n) is 6.18. The van der Waals surface area contributed by atoms with E-state index in [1.165, 1.54) is 0 Å². The Morgan fingerprint density at radius 1 is 1.00 bits per heavy atom. The average Bonchev–Trinajstić information content (AvgIpc) is 1.69. The molecule has 0 rings (SSSR count). The van der Waals surface area contributed by atoms with Crippen molar-refractivity contribution in [2.45, 2.75) is 21.8 Å². The first-order valence-corrected chi connectivity index (χ1v) is 2.36. The fourth-order valence-electron chi connectivity index (χ4n) is 0. The van der Waals surface area contributed by atoms with E-state index < -0.39 is 0 Å². The minimum Gasteiger partial charge on any atom is -0.668 e. The molecule has 0 fully saturated rings. The van der Waals surface area contributed by atoms with Gasteiger partial charge in [-0.25, -0.2) is 0 Å². The van der Waals surface area contributed by atoms with Crippen molar-refractivity contribution in [2.75, 3.05) is 27.7 Å². The van der Waals surface area contributed by atoms with Crippen molar-refractivity contribution in [1.29, 1.82) is 0 Å². The van der Waals surface area contributed by atoms with Crippen LogP contribution in [0.1, 0.15) is 21.8 Å². The van der Waals surface area contributed by atoms with Gasteiger partial charge in [-0.2, -0.15) is 27.7 Å². The molecule has 0 saturated heterocycles. The molecule has 0 N–H and O–H groups in total. The number of hydrogen-bond donors (Lipinski definition) is 0. The number of hydrogen-bond acceptors (Lipinski definition) is 0. The molecule has 1 radical (unpaired) electrons. The van der Waals surface area contributed by atoms with E-state index in [1.807, 2.05) is 6.92 Å². The molecular formula is C7H22N2Y-2. The van der Waals surface area contributed by atoms with E-state index >= 15 is 0 Å². The van der Waals surface area contributed by atoms with Gasteiger partial charge in [-0.15, -0.1) is 0 Å². The molecule has 0 heterocycles. The molecule has 0 aliphatic rings. The average molecular weight is 223 g/mol. The summed E-state index contributed by atoms with van der Waals surface area (Å²) in [4.78, 5) is 0. The largest absolute Gasteiger partial charge is 0.668 e. The zero-order valence-corrected chi connectivity index (χ0v) is 9.02. The Labute approximate surface area is 92.4 Å². The van der Waals surface area contributed by atoms with Gasteiger partial charge in [0.15, 0.2) is 0 Å². The molecule has 0 unspecified atom stereocenters. The minimum atomic E-state index is 0. The summed E-state index contributed by atoms with van der Waals surface area (Å²) in [6, 6.07) is 0. The van der Waals surface area contributed by atoms with Crippen LogP contribution in [0.2, 0.25) is 0 Å². The van der Waals surface area contributed by atoms with Gasteiger partial charge in [0.2, 0.25) is 0 Å². The molecule has 0 aromatic carbocycles. The minimum absolute atomic E-state index is 0. The Morgan fingerprint density at radius 2 is 1.10 bits per heavy atom. The molecule has 0 aromatic rings. The number of nitrogens with zero attached hydrogens (tertiary/aromatic N) is 2. The van der Waals surface area contributed by atoms with Gasteiger partial charge in [0.25, 0.3) is 0 Å². The summed E-state index contributed by atoms with van der Waals surface area (Å²) in [5.41, 5.74) is 0. The predicted molar refractivity (Wildman–Crippen MR) is 48.5 cm³/mol. The van der Waals surface area contributed by atoms with Crippen LogP contribution in [0.3, 0.4) is 0 Å². The van der Waals surface area contributed by atoms with E-state index in [1.54, 1.807) is 21.1 Å². The molecule has 0 atom stereocenters. The van der Waals surface area contributed by atoms with Crippen LogP contribution in [0.25, 0.3) is 10.6 Å². The Balaban J connectivity index is -0.0000000131. The van der Waals surface area contributed by atoms with Gasteiger partial charge in [-0.3, -0.25) is 0 Å². The Hall–Kier alpha value is 1.02. The monoisotopic (exact) mass is 223 g/mol. The van der Waals surface area contributed by atoms with E-state index in [-0.39, 0.29) is 47.6 Å². The Bertz CT molecular complexity index is 19.1. The first-order valence-electron chi connectivity index (χ1n) is 2.36. The summed E-state index contributed by atoms with van der Waals surface area (Å²) >= 11 is 0. The van der Waals surface area contributed by atoms with Gasteiger partial charge < -0.3 is 10.6 Å². The third-order valence-electron chi connectivity index (χ3n) is 0.316. The molecule has 3 heteroatoms. The summed E-state index contributed by atoms with van der Waals surface area (Å²) in [7, 11) is 5.31. The van der Waals surface area contributed by atoms with Crippen LogP contribution in [-0.2, 0) is 32.7 Å². The van der Waals surface area contributed by atoms with Gasteiger partial charge in [0, 0.05) is 32.7 Å². The van der Waals surface area contributed by atoms with Gasteiger partial charge in [-0.1, -0.05) is 21.8 Å². The van der Waals surface area contributed by atoms with Crippen molar-refractivity contribution >= 4 is 0 Å². The second kappa shape index (κ2) is 50.4. The van der Waals surface area contributed by atoms with Gasteiger partial charge >= 0.3 is 0 Å². The summed E-state index contributed by atoms with van der Waals surface area (Å²) in [5.74, 6) is 0. The molecule has 0 saturated carbocycles. The van der Waals surface area contributed by atoms with Crippen LogP contribution in [0, 0.1) is 0 Å². The molecule has 0 bridgehead atoms. The van der Waals surface area contributed by atoms with E-state index in [4.69, 9.17) is 0 Å². The van der Waals surface area contributed by atoms with Crippen LogP contribution in [0.15, 0.2) is 0 Å². The summed E-state index contributed by atoms with van der Waals surface area (Å²) in [6.45, 7) is 2.96. The third-order valence-corrected chi connectivity index (χ3v) is 0.316. The maximum atomic E-state index is 3.74. The van der Waals surface area contributed by atoms with E-state index in [9.17, 15) is 0 Å². The SMILES string of the molecule is C.C.CC[N-]C.C[N-]C.[Y]. The standard InChI is InChI=1S/C3H8N.C2H6N.2CH4.Y/c1-3-4-2;1-3-2;;;/h3H2,1-2H3;1-2H3;2*1H4;/q2*-1;;;. The van der Waals surface area contributed by atoms with Crippen LogP contribution < -0.4 is 0 Å². The van der Waals surface area contributed by atoms with Crippen LogP contribution in [0.4, 0.5) is 0 Å². The van der Waals surface area contributed by atoms with Crippen LogP contribution in [0.5, 0.6) is 0 Å². The van der Waals surface area contributed by atoms with Crippen molar-refractivity contribution < 1.29 is 32.7 Å². The van der Waals surface area contributed by atoms with Gasteiger partial charge in [-0.05, 0) is 0 Å². The molecule has 65 valence electrons. The van der Waals surface area contributed by atoms with Crippen LogP contribution in [-0.4, -0.2) is 27.7 Å². The molecular weight excluding hydrogens is 201 g/mol. The summed E-state index contributed by atoms with van der Waals surface area (Å²) in [5, 5.41) is 7.24. The fourth-order valence-corrected chi connectivity index (χ4v) is 0. The summed E-state index contributed by atoms with van der Waals surface area (Å²) < 4.78 is 0. The topological polar surface area (TPSA) is 28.2 Å². The van der Waals surface area contributed by atoms with Crippen molar-refractivity contribution in [3.63, 3.8) is 0 Å². The molecule has 0 aliphatic carbocycles. The van der Waals surface area contributed by atoms with E-state index in [0.29, 0.717) is 0 Å². The molecule has 0 spiro atoms. The molecule has 2 nitrogen and oxygen atoms in total. The van der Waals surface area contributed by atoms with Crippen molar-refractivity contribution in [3.05, 3.63) is 10.6 Å². The maximum Gasteiger partial charge on any atom is 0 e. The van der Waals surface area contributed by atoms with Crippen molar-refractivity contribution in [3.8, 4) is 0 Å². The molecule has 10 heavy (non-hydrogen) atoms. The maximum absolute atomic E-state index is 3.74. The summed E-state index contributed by atoms with van der Waals surface area (Å²) in [6.07, 6.45) is 0. The first kappa shape index (κ1) is 30.5. The molecule has 0 amide bonds.